The van der Waals surface area contributed by atoms with Crippen molar-refractivity contribution in [2.24, 2.45) is 29.4 Å². The Morgan fingerprint density at radius 2 is 0.733 bits per heavy atom. The third-order valence-corrected chi connectivity index (χ3v) is 23.6. The molecule has 10 aliphatic heterocycles. The molecule has 116 heavy (non-hydrogen) atoms. The average molecular weight is 1700 g/mol. The molecular formula is C68H117NO47. The van der Waals surface area contributed by atoms with Gasteiger partial charge in [0, 0.05) is 30.1 Å². The van der Waals surface area contributed by atoms with Crippen molar-refractivity contribution in [3.63, 3.8) is 0 Å². The molecule has 0 saturated carbocycles. The summed E-state index contributed by atoms with van der Waals surface area (Å²) in [5.41, 5.74) is 5.96. The molecule has 29 N–H and O–H groups in total. The van der Waals surface area contributed by atoms with Gasteiger partial charge >= 0.3 is 5.97 Å². The Morgan fingerprint density at radius 1 is 0.353 bits per heavy atom. The normalized spacial score (nSPS) is 52.5. The second-order valence-electron chi connectivity index (χ2n) is 31.4. The standard InChI is InChI=1S/C68H117NO47/c1-17-21(5)101-32(15-98-62-49(93)45(89)38(82)22(6)102-62)54(35(17)79)110-60-19(3)36(80)53(29(13-75)106-60)112-64-51(95)56(44(88)30(108-64)14-99-65-57(47(91)41(85)26(10-72)104-65)114-59-18(2)34(78)40(84)25(9-71)103-59)113-66-58(48(92)42(86)27(11-73)105-66)115-61-20(4)37(81)52(28(12-74)107-61)111-63-50(94)46(90)43(87)31(109-63)16-100-68(67(96)97)7-23(76)33(69)55(116-68)39(83)24(77)8-70/h17-66,70-95H,7-16,69H2,1-6H3,(H,96,97)/t17-,18?,19?,20+,21+,22+,23-,24-,25+,26?,27-,28?,29?,30?,31?,32?,33-,34?,35?,36?,37?,38-,39-,40-,41-,42-,43+,44-,45?,46?,47?,48?,49?,50+,51-,52-,53-,54-,55?,56?,57-,58?,59+,60+,61+,62-,63+,64+,65+,66-,68-/m1/s1. The van der Waals surface area contributed by atoms with E-state index in [-0.39, 0.29) is 0 Å². The van der Waals surface area contributed by atoms with E-state index in [4.69, 9.17) is 95.7 Å². The lowest BCUT2D eigenvalue weighted by Gasteiger charge is -2.51. The lowest BCUT2D eigenvalue weighted by molar-refractivity contribution is -0.402. The van der Waals surface area contributed by atoms with Crippen molar-refractivity contribution in [1.29, 1.82) is 0 Å². The van der Waals surface area contributed by atoms with Gasteiger partial charge in [-0.15, -0.1) is 0 Å². The van der Waals surface area contributed by atoms with Gasteiger partial charge in [0.05, 0.1) is 108 Å². The Balaban J connectivity index is 0.897. The quantitative estimate of drug-likeness (QED) is 0.0318. The van der Waals surface area contributed by atoms with E-state index >= 15 is 0 Å². The number of hydrogen-bond acceptors (Lipinski definition) is 47. The number of rotatable bonds is 30. The highest BCUT2D eigenvalue weighted by Crippen LogP contribution is 2.43. The molecule has 0 aromatic rings. The first-order chi connectivity index (χ1) is 54.7. The molecule has 20 unspecified atom stereocenters. The fourth-order valence-electron chi connectivity index (χ4n) is 15.7. The summed E-state index contributed by atoms with van der Waals surface area (Å²) in [6.45, 7) is -0.0335. The number of aliphatic hydroxyl groups is 26. The maximum atomic E-state index is 12.8. The summed E-state index contributed by atoms with van der Waals surface area (Å²) in [7, 11) is 0. The van der Waals surface area contributed by atoms with Gasteiger partial charge in [-0.25, -0.2) is 4.79 Å². The first-order valence-corrected chi connectivity index (χ1v) is 38.4. The van der Waals surface area contributed by atoms with Crippen molar-refractivity contribution in [1.82, 2.24) is 0 Å². The van der Waals surface area contributed by atoms with E-state index in [0.29, 0.717) is 0 Å². The summed E-state index contributed by atoms with van der Waals surface area (Å²) in [6, 6.07) is -1.57. The predicted molar refractivity (Wildman–Crippen MR) is 364 cm³/mol. The van der Waals surface area contributed by atoms with Crippen LogP contribution in [0.1, 0.15) is 48.0 Å². The molecule has 0 aliphatic carbocycles. The Morgan fingerprint density at radius 3 is 1.25 bits per heavy atom. The van der Waals surface area contributed by atoms with Gasteiger partial charge in [-0.1, -0.05) is 27.7 Å². The first kappa shape index (κ1) is 95.9. The topological polar surface area (TPSA) is 765 Å². The van der Waals surface area contributed by atoms with Gasteiger partial charge in [-0.2, -0.15) is 0 Å². The van der Waals surface area contributed by atoms with Gasteiger partial charge in [0.1, 0.15) is 183 Å². The van der Waals surface area contributed by atoms with Crippen molar-refractivity contribution < 1.29 is 233 Å². The summed E-state index contributed by atoms with van der Waals surface area (Å²) in [6.07, 6.45) is -83.6. The number of nitrogens with two attached hydrogens (primary N) is 1. The van der Waals surface area contributed by atoms with E-state index in [1.807, 2.05) is 0 Å². The molecule has 0 spiro atoms. The number of aliphatic carboxylic acids is 1. The molecular weight excluding hydrogens is 1580 g/mol. The molecule has 48 nitrogen and oxygen atoms in total. The second kappa shape index (κ2) is 40.7. The molecule has 0 radical (unpaired) electrons. The van der Waals surface area contributed by atoms with Crippen molar-refractivity contribution in [2.45, 2.75) is 336 Å². The number of carbonyl (C=O) groups is 1. The number of carboxylic acid groups (broad SMARTS) is 1. The van der Waals surface area contributed by atoms with Crippen LogP contribution >= 0.6 is 0 Å². The Bertz CT molecular complexity index is 3010. The average Bonchev–Trinajstić information content (AvgIpc) is 0.769. The Kier molecular flexibility index (Phi) is 33.7. The van der Waals surface area contributed by atoms with Crippen LogP contribution in [0.3, 0.4) is 0 Å². The first-order valence-electron chi connectivity index (χ1n) is 38.4. The van der Waals surface area contributed by atoms with Crippen molar-refractivity contribution in [3.05, 3.63) is 0 Å². The fraction of sp³-hybridized carbons (Fsp3) is 0.985. The van der Waals surface area contributed by atoms with Crippen LogP contribution < -0.4 is 5.73 Å². The van der Waals surface area contributed by atoms with E-state index < -0.39 is 384 Å². The molecule has 0 aromatic carbocycles. The highest BCUT2D eigenvalue weighted by Gasteiger charge is 2.61. The van der Waals surface area contributed by atoms with Crippen LogP contribution in [0.5, 0.6) is 0 Å². The van der Waals surface area contributed by atoms with E-state index in [1.165, 1.54) is 27.7 Å². The maximum absolute atomic E-state index is 12.8. The molecule has 0 bridgehead atoms. The number of hydrogen-bond donors (Lipinski definition) is 28. The van der Waals surface area contributed by atoms with Crippen LogP contribution in [0.4, 0.5) is 0 Å². The van der Waals surface area contributed by atoms with Crippen molar-refractivity contribution in [2.75, 3.05) is 59.5 Å². The zero-order chi connectivity index (χ0) is 85.5. The van der Waals surface area contributed by atoms with Crippen LogP contribution in [0, 0.1) is 23.7 Å². The van der Waals surface area contributed by atoms with E-state index in [0.717, 1.165) is 0 Å². The number of carboxylic acids is 1. The largest absolute Gasteiger partial charge is 0.477 e. The third-order valence-electron chi connectivity index (χ3n) is 23.6. The monoisotopic (exact) mass is 1700 g/mol. The van der Waals surface area contributed by atoms with Crippen LogP contribution in [0.2, 0.25) is 0 Å². The van der Waals surface area contributed by atoms with Crippen LogP contribution in [-0.4, -0.2) is 491 Å². The Hall–Kier alpha value is -2.37. The van der Waals surface area contributed by atoms with Gasteiger partial charge in [-0.05, 0) is 13.8 Å². The van der Waals surface area contributed by atoms with Gasteiger partial charge in [0.15, 0.2) is 50.3 Å². The summed E-state index contributed by atoms with van der Waals surface area (Å²) >= 11 is 0. The second-order valence-corrected chi connectivity index (χ2v) is 31.4. The van der Waals surface area contributed by atoms with Gasteiger partial charge in [0.2, 0.25) is 0 Å². The molecule has 48 heteroatoms. The molecule has 0 amide bonds. The zero-order valence-electron chi connectivity index (χ0n) is 63.8. The Labute approximate surface area is 661 Å². The lowest BCUT2D eigenvalue weighted by Crippen LogP contribution is -2.68. The molecule has 10 fully saturated rings. The molecule has 676 valence electrons. The van der Waals surface area contributed by atoms with E-state index in [2.05, 4.69) is 0 Å². The number of ether oxygens (including phenoxy) is 19. The smallest absolute Gasteiger partial charge is 0.364 e. The molecule has 10 saturated heterocycles. The molecule has 10 rings (SSSR count). The highest BCUT2D eigenvalue weighted by atomic mass is 16.8. The SMILES string of the molecule is CC1C(O)[C@H](O[C@@H]2OC(CO[C@H]3OC(CO)[C@@H](O)C(O)[C@H]3O[C@@H]3O[C@@H](CO)[C@@H](O)C(O)C3C)[C@@H](O)C(O[C@H]3O[C@H](CO)[C@@H](O)C(O)C3O[C@@H]3OC(CO)[C@@H](O[C@@H]4OC(CO[C@]5(C(=O)O)C[C@@H](O)[C@@H](N)C([C@H](O)[C@H](O)CO)O5)[C@H](O)C(O)[C@@H]4O)C(O)[C@@H]3C)[C@H]2O)C(CO)O[C@H]1O[C@@H]1C(CO[C@@H]2O[C@@H](C)[C@@H](O)C(O)C2O)O[C@@H](C)[C@@H](C)C1O. The number of aliphatic hydroxyl groups excluding tert-OH is 26. The summed E-state index contributed by atoms with van der Waals surface area (Å²) < 4.78 is 114. The summed E-state index contributed by atoms with van der Waals surface area (Å²) in [5, 5.41) is 298. The van der Waals surface area contributed by atoms with Gasteiger partial charge < -0.3 is 234 Å². The summed E-state index contributed by atoms with van der Waals surface area (Å²) in [4.78, 5) is 12.8. The third kappa shape index (κ3) is 20.0. The van der Waals surface area contributed by atoms with Crippen LogP contribution in [0.15, 0.2) is 0 Å². The molecule has 51 atom stereocenters. The molecule has 10 aliphatic rings. The lowest BCUT2D eigenvalue weighted by atomic mass is 9.88. The van der Waals surface area contributed by atoms with Gasteiger partial charge in [0.25, 0.3) is 5.79 Å². The van der Waals surface area contributed by atoms with E-state index in [1.54, 1.807) is 13.8 Å². The van der Waals surface area contributed by atoms with Crippen molar-refractivity contribution in [3.8, 4) is 0 Å². The predicted octanol–water partition coefficient (Wildman–Crippen LogP) is -16.4. The minimum absolute atomic E-state index is 0.477. The minimum atomic E-state index is -2.94. The van der Waals surface area contributed by atoms with E-state index in [9.17, 15) is 143 Å². The van der Waals surface area contributed by atoms with Crippen LogP contribution in [-0.2, 0) is 94.8 Å². The van der Waals surface area contributed by atoms with Gasteiger partial charge in [-0.3, -0.25) is 0 Å². The highest BCUT2D eigenvalue weighted by molar-refractivity contribution is 5.76. The van der Waals surface area contributed by atoms with Crippen LogP contribution in [0.25, 0.3) is 0 Å². The maximum Gasteiger partial charge on any atom is 0.364 e. The minimum Gasteiger partial charge on any atom is -0.477 e. The van der Waals surface area contributed by atoms with Crippen molar-refractivity contribution >= 4 is 5.97 Å². The zero-order valence-corrected chi connectivity index (χ0v) is 63.8. The summed E-state index contributed by atoms with van der Waals surface area (Å²) in [5.74, 6) is -9.41. The fourth-order valence-corrected chi connectivity index (χ4v) is 15.7. The molecule has 0 aromatic heterocycles. The molecule has 10 heterocycles.